The normalized spacial score (nSPS) is 25.3. The monoisotopic (exact) mass is 541 g/mol. The van der Waals surface area contributed by atoms with Gasteiger partial charge in [0.1, 0.15) is 5.82 Å². The van der Waals surface area contributed by atoms with Gasteiger partial charge in [-0.05, 0) is 49.1 Å². The number of guanidine groups is 1. The molecule has 1 atom stereocenters. The number of hydrogen-bond acceptors (Lipinski definition) is 7. The van der Waals surface area contributed by atoms with E-state index in [1.807, 2.05) is 13.0 Å². The Morgan fingerprint density at radius 2 is 1.90 bits per heavy atom. The molecule has 2 aromatic rings. The minimum absolute atomic E-state index is 0.00577. The number of aromatic amines is 1. The van der Waals surface area contributed by atoms with Gasteiger partial charge in [0.2, 0.25) is 5.96 Å². The first kappa shape index (κ1) is 27.1. The molecule has 39 heavy (non-hydrogen) atoms. The van der Waals surface area contributed by atoms with Gasteiger partial charge in [-0.2, -0.15) is 23.3 Å². The Balaban J connectivity index is 1.41. The van der Waals surface area contributed by atoms with E-state index in [0.29, 0.717) is 41.9 Å². The first-order chi connectivity index (χ1) is 18.8. The molecule has 1 aromatic carbocycles. The molecule has 2 fully saturated rings. The van der Waals surface area contributed by atoms with Crippen molar-refractivity contribution < 1.29 is 18.3 Å². The van der Waals surface area contributed by atoms with E-state index < -0.39 is 11.7 Å². The number of H-pyrrole nitrogens is 1. The van der Waals surface area contributed by atoms with E-state index in [4.69, 9.17) is 9.98 Å². The zero-order chi connectivity index (χ0) is 27.4. The lowest BCUT2D eigenvalue weighted by Crippen LogP contribution is -2.46. The second-order valence-corrected chi connectivity index (χ2v) is 10.3. The highest BCUT2D eigenvalue weighted by atomic mass is 19.4. The van der Waals surface area contributed by atoms with Crippen LogP contribution in [0.1, 0.15) is 48.9 Å². The molecule has 0 spiro atoms. The molecule has 1 saturated carbocycles. The van der Waals surface area contributed by atoms with Gasteiger partial charge >= 0.3 is 6.18 Å². The standard InChI is InChI=1S/C28H34F3N7O/c1-19-5-10-26(38-13-11-37(12-14-38)15-16-39)34-27(33-25-18-24(35-36-25)21-7-8-21)32-23(19)9-6-20-3-2-4-22(17-20)28(29,30)31/h2-4,6,9-10,17-19,21,39H,5,7-8,11-16H2,1H3,(H2,33,34,35,36)/b9-6+,26-10-,32-23-. The molecule has 5 rings (SSSR count). The second-order valence-electron chi connectivity index (χ2n) is 10.3. The molecule has 208 valence electrons. The summed E-state index contributed by atoms with van der Waals surface area (Å²) in [6.45, 7) is 6.10. The Labute approximate surface area is 226 Å². The van der Waals surface area contributed by atoms with Crippen molar-refractivity contribution >= 4 is 23.6 Å². The van der Waals surface area contributed by atoms with Crippen LogP contribution in [0.3, 0.4) is 0 Å². The summed E-state index contributed by atoms with van der Waals surface area (Å²) in [6, 6.07) is 7.23. The number of piperazine rings is 1. The second kappa shape index (κ2) is 11.7. The fourth-order valence-corrected chi connectivity index (χ4v) is 4.73. The van der Waals surface area contributed by atoms with E-state index in [0.717, 1.165) is 62.7 Å². The third-order valence-corrected chi connectivity index (χ3v) is 7.24. The molecule has 8 nitrogen and oxygen atoms in total. The Morgan fingerprint density at radius 3 is 2.62 bits per heavy atom. The summed E-state index contributed by atoms with van der Waals surface area (Å²) in [5.74, 6) is 2.36. The van der Waals surface area contributed by atoms with E-state index in [1.54, 1.807) is 18.2 Å². The molecule has 2 aliphatic heterocycles. The van der Waals surface area contributed by atoms with Gasteiger partial charge in [0.25, 0.3) is 0 Å². The van der Waals surface area contributed by atoms with Gasteiger partial charge in [-0.15, -0.1) is 0 Å². The van der Waals surface area contributed by atoms with Crippen LogP contribution < -0.4 is 5.32 Å². The Bertz CT molecular complexity index is 1270. The smallest absolute Gasteiger partial charge is 0.395 e. The fourth-order valence-electron chi connectivity index (χ4n) is 4.73. The quantitative estimate of drug-likeness (QED) is 0.472. The highest BCUT2D eigenvalue weighted by molar-refractivity contribution is 6.09. The Morgan fingerprint density at radius 1 is 1.10 bits per heavy atom. The van der Waals surface area contributed by atoms with Crippen molar-refractivity contribution in [2.75, 3.05) is 44.6 Å². The number of β-amino-alcohol motifs (C(OH)–C–C–N with tert-alkyl or cyclic N) is 1. The molecule has 0 amide bonds. The molecule has 3 N–H and O–H groups in total. The number of alkyl halides is 3. The third-order valence-electron chi connectivity index (χ3n) is 7.24. The summed E-state index contributed by atoms with van der Waals surface area (Å²) < 4.78 is 39.5. The maximum Gasteiger partial charge on any atom is 0.416 e. The number of aliphatic hydroxyl groups excluding tert-OH is 1. The maximum atomic E-state index is 13.2. The van der Waals surface area contributed by atoms with Crippen LogP contribution in [0.15, 0.2) is 58.3 Å². The number of rotatable bonds is 7. The Hall–Kier alpha value is -3.44. The van der Waals surface area contributed by atoms with Crippen LogP contribution in [0.25, 0.3) is 6.08 Å². The molecule has 11 heteroatoms. The molecule has 1 aliphatic carbocycles. The maximum absolute atomic E-state index is 13.2. The zero-order valence-electron chi connectivity index (χ0n) is 22.0. The van der Waals surface area contributed by atoms with Crippen LogP contribution in [0.2, 0.25) is 0 Å². The third kappa shape index (κ3) is 7.15. The summed E-state index contributed by atoms with van der Waals surface area (Å²) >= 11 is 0. The number of aliphatic hydroxyl groups is 1. The van der Waals surface area contributed by atoms with E-state index in [2.05, 4.69) is 31.4 Å². The molecular weight excluding hydrogens is 507 g/mol. The first-order valence-electron chi connectivity index (χ1n) is 13.4. The summed E-state index contributed by atoms with van der Waals surface area (Å²) in [6.07, 6.45) is 4.12. The zero-order valence-corrected chi connectivity index (χ0v) is 22.0. The van der Waals surface area contributed by atoms with E-state index in [-0.39, 0.29) is 12.5 Å². The molecule has 0 radical (unpaired) electrons. The lowest BCUT2D eigenvalue weighted by molar-refractivity contribution is -0.137. The number of benzene rings is 1. The number of aromatic nitrogens is 2. The number of allylic oxidation sites excluding steroid dienone is 2. The van der Waals surface area contributed by atoms with Gasteiger partial charge in [0.15, 0.2) is 5.82 Å². The lowest BCUT2D eigenvalue weighted by atomic mass is 9.99. The average molecular weight is 542 g/mol. The first-order valence-corrected chi connectivity index (χ1v) is 13.4. The van der Waals surface area contributed by atoms with Gasteiger partial charge < -0.3 is 15.3 Å². The number of anilines is 1. The predicted octanol–water partition coefficient (Wildman–Crippen LogP) is 4.72. The molecule has 1 saturated heterocycles. The van der Waals surface area contributed by atoms with Gasteiger partial charge in [0.05, 0.1) is 12.2 Å². The fraction of sp³-hybridized carbons (Fsp3) is 0.464. The van der Waals surface area contributed by atoms with Gasteiger partial charge in [-0.25, -0.2) is 4.99 Å². The number of aliphatic imine (C=N–C) groups is 2. The highest BCUT2D eigenvalue weighted by Crippen LogP contribution is 2.39. The number of nitrogens with one attached hydrogen (secondary N) is 2. The predicted molar refractivity (Wildman–Crippen MR) is 146 cm³/mol. The molecule has 3 aliphatic rings. The van der Waals surface area contributed by atoms with Crippen LogP contribution >= 0.6 is 0 Å². The van der Waals surface area contributed by atoms with Crippen LogP contribution in [0, 0.1) is 5.92 Å². The summed E-state index contributed by atoms with van der Waals surface area (Å²) in [5.41, 5.74) is 1.56. The van der Waals surface area contributed by atoms with Crippen LogP contribution in [-0.4, -0.2) is 76.1 Å². The highest BCUT2D eigenvalue weighted by Gasteiger charge is 2.30. The van der Waals surface area contributed by atoms with Gasteiger partial charge in [-0.1, -0.05) is 25.1 Å². The average Bonchev–Trinajstić information content (AvgIpc) is 3.66. The van der Waals surface area contributed by atoms with Gasteiger partial charge in [-0.3, -0.25) is 10.00 Å². The van der Waals surface area contributed by atoms with Crippen molar-refractivity contribution in [3.8, 4) is 0 Å². The summed E-state index contributed by atoms with van der Waals surface area (Å²) in [5, 5.41) is 20.0. The largest absolute Gasteiger partial charge is 0.416 e. The van der Waals surface area contributed by atoms with E-state index in [1.165, 1.54) is 6.07 Å². The minimum atomic E-state index is -4.40. The number of hydrogen-bond donors (Lipinski definition) is 3. The van der Waals surface area contributed by atoms with Crippen molar-refractivity contribution in [3.05, 3.63) is 65.1 Å². The Kier molecular flexibility index (Phi) is 8.18. The molecular formula is C28H34F3N7O. The molecule has 1 unspecified atom stereocenters. The van der Waals surface area contributed by atoms with Crippen LogP contribution in [-0.2, 0) is 6.18 Å². The van der Waals surface area contributed by atoms with Gasteiger partial charge in [0, 0.05) is 62.0 Å². The number of nitrogens with zero attached hydrogens (tertiary/aromatic N) is 5. The van der Waals surface area contributed by atoms with Crippen molar-refractivity contribution in [1.82, 2.24) is 20.0 Å². The number of halogens is 3. The van der Waals surface area contributed by atoms with Crippen molar-refractivity contribution in [2.45, 2.75) is 38.3 Å². The molecule has 0 bridgehead atoms. The topological polar surface area (TPSA) is 92.1 Å². The minimum Gasteiger partial charge on any atom is -0.395 e. The van der Waals surface area contributed by atoms with Crippen LogP contribution in [0.5, 0.6) is 0 Å². The van der Waals surface area contributed by atoms with E-state index >= 15 is 0 Å². The van der Waals surface area contributed by atoms with Crippen molar-refractivity contribution in [3.63, 3.8) is 0 Å². The van der Waals surface area contributed by atoms with Crippen molar-refractivity contribution in [1.29, 1.82) is 0 Å². The summed E-state index contributed by atoms with van der Waals surface area (Å²) in [7, 11) is 0. The summed E-state index contributed by atoms with van der Waals surface area (Å²) in [4.78, 5) is 14.2. The van der Waals surface area contributed by atoms with Crippen molar-refractivity contribution in [2.24, 2.45) is 15.9 Å². The SMILES string of the molecule is CC1C/C=C(N2CCN(CCO)CC2)/N=C(Nc2cc(C3CC3)[nH]n2)\N=C1\C=C\c1cccc(C(F)(F)F)c1. The lowest BCUT2D eigenvalue weighted by Gasteiger charge is -2.36. The van der Waals surface area contributed by atoms with Crippen LogP contribution in [0.4, 0.5) is 19.0 Å². The van der Waals surface area contributed by atoms with E-state index in [9.17, 15) is 18.3 Å². The molecule has 3 heterocycles. The molecule has 1 aromatic heterocycles.